The minimum atomic E-state index is -0.00957. The number of aliphatic hydroxyl groups is 1. The van der Waals surface area contributed by atoms with Crippen LogP contribution in [-0.2, 0) is 6.61 Å². The number of aliphatic hydroxyl groups excluding tert-OH is 1. The van der Waals surface area contributed by atoms with Crippen LogP contribution in [0.5, 0.6) is 0 Å². The molecule has 0 aliphatic carbocycles. The lowest BCUT2D eigenvalue weighted by atomic mass is 10.4. The molecule has 2 rings (SSSR count). The minimum Gasteiger partial charge on any atom is -0.460 e. The lowest BCUT2D eigenvalue weighted by molar-refractivity contribution is 0.281. The molecule has 0 unspecified atom stereocenters. The van der Waals surface area contributed by atoms with Gasteiger partial charge in [0.25, 0.3) is 0 Å². The number of furan rings is 1. The molecule has 0 saturated heterocycles. The largest absolute Gasteiger partial charge is 0.460 e. The molecule has 0 atom stereocenters. The predicted molar refractivity (Wildman–Crippen MR) is 50.5 cm³/mol. The SMILES string of the molecule is Cc1ccc(-c2csc(CO)n2)o1. The van der Waals surface area contributed by atoms with Crippen molar-refractivity contribution < 1.29 is 9.52 Å². The van der Waals surface area contributed by atoms with E-state index in [1.54, 1.807) is 0 Å². The quantitative estimate of drug-likeness (QED) is 0.799. The standard InChI is InChI=1S/C9H9NO2S/c1-6-2-3-8(12-6)7-5-13-9(4-11)10-7/h2-3,5,11H,4H2,1H3. The van der Waals surface area contributed by atoms with Gasteiger partial charge < -0.3 is 9.52 Å². The number of nitrogens with zero attached hydrogens (tertiary/aromatic N) is 1. The third-order valence-corrected chi connectivity index (χ3v) is 2.51. The number of hydrogen-bond donors (Lipinski definition) is 1. The second-order valence-electron chi connectivity index (χ2n) is 2.69. The summed E-state index contributed by atoms with van der Waals surface area (Å²) in [4.78, 5) is 4.19. The van der Waals surface area contributed by atoms with Crippen molar-refractivity contribution in [3.05, 3.63) is 28.3 Å². The first-order valence-corrected chi connectivity index (χ1v) is 4.79. The van der Waals surface area contributed by atoms with Crippen molar-refractivity contribution in [3.8, 4) is 11.5 Å². The topological polar surface area (TPSA) is 46.3 Å². The predicted octanol–water partition coefficient (Wildman–Crippen LogP) is 2.20. The van der Waals surface area contributed by atoms with Crippen LogP contribution in [0, 0.1) is 6.92 Å². The van der Waals surface area contributed by atoms with Crippen LogP contribution in [0.4, 0.5) is 0 Å². The number of rotatable bonds is 2. The van der Waals surface area contributed by atoms with E-state index in [0.29, 0.717) is 5.01 Å². The Morgan fingerprint density at radius 1 is 1.54 bits per heavy atom. The van der Waals surface area contributed by atoms with E-state index < -0.39 is 0 Å². The van der Waals surface area contributed by atoms with Crippen molar-refractivity contribution in [1.82, 2.24) is 4.98 Å². The van der Waals surface area contributed by atoms with Crippen molar-refractivity contribution in [2.45, 2.75) is 13.5 Å². The molecule has 0 aliphatic heterocycles. The molecule has 0 bridgehead atoms. The van der Waals surface area contributed by atoms with Crippen LogP contribution in [0.15, 0.2) is 21.9 Å². The normalized spacial score (nSPS) is 10.6. The Morgan fingerprint density at radius 3 is 2.92 bits per heavy atom. The van der Waals surface area contributed by atoms with Crippen LogP contribution >= 0.6 is 11.3 Å². The third-order valence-electron chi connectivity index (χ3n) is 1.68. The first kappa shape index (κ1) is 8.47. The molecule has 13 heavy (non-hydrogen) atoms. The number of aromatic nitrogens is 1. The van der Waals surface area contributed by atoms with Crippen LogP contribution in [0.2, 0.25) is 0 Å². The Kier molecular flexibility index (Phi) is 2.16. The fraction of sp³-hybridized carbons (Fsp3) is 0.222. The molecule has 0 aromatic carbocycles. The molecular weight excluding hydrogens is 186 g/mol. The first-order chi connectivity index (χ1) is 6.29. The summed E-state index contributed by atoms with van der Waals surface area (Å²) in [6.45, 7) is 1.88. The summed E-state index contributed by atoms with van der Waals surface area (Å²) in [5, 5.41) is 11.4. The zero-order valence-corrected chi connectivity index (χ0v) is 7.97. The van der Waals surface area contributed by atoms with Gasteiger partial charge >= 0.3 is 0 Å². The van der Waals surface area contributed by atoms with Crippen LogP contribution in [-0.4, -0.2) is 10.1 Å². The van der Waals surface area contributed by atoms with Gasteiger partial charge in [-0.2, -0.15) is 0 Å². The molecular formula is C9H9NO2S. The van der Waals surface area contributed by atoms with Gasteiger partial charge in [0.05, 0.1) is 6.61 Å². The van der Waals surface area contributed by atoms with Crippen molar-refractivity contribution in [3.63, 3.8) is 0 Å². The zero-order chi connectivity index (χ0) is 9.26. The van der Waals surface area contributed by atoms with E-state index in [4.69, 9.17) is 9.52 Å². The molecule has 3 nitrogen and oxygen atoms in total. The van der Waals surface area contributed by atoms with Crippen LogP contribution < -0.4 is 0 Å². The molecule has 0 amide bonds. The lowest BCUT2D eigenvalue weighted by Gasteiger charge is -1.88. The molecule has 0 spiro atoms. The molecule has 2 aromatic rings. The highest BCUT2D eigenvalue weighted by Crippen LogP contribution is 2.23. The Morgan fingerprint density at radius 2 is 2.38 bits per heavy atom. The molecule has 68 valence electrons. The van der Waals surface area contributed by atoms with E-state index in [1.165, 1.54) is 11.3 Å². The smallest absolute Gasteiger partial charge is 0.153 e. The third kappa shape index (κ3) is 1.64. The second-order valence-corrected chi connectivity index (χ2v) is 3.64. The maximum Gasteiger partial charge on any atom is 0.153 e. The first-order valence-electron chi connectivity index (χ1n) is 3.91. The fourth-order valence-corrected chi connectivity index (χ4v) is 1.71. The van der Waals surface area contributed by atoms with Gasteiger partial charge in [-0.05, 0) is 19.1 Å². The maximum absolute atomic E-state index is 8.82. The molecule has 0 radical (unpaired) electrons. The monoisotopic (exact) mass is 195 g/mol. The van der Waals surface area contributed by atoms with Gasteiger partial charge in [-0.3, -0.25) is 0 Å². The Hall–Kier alpha value is -1.13. The average Bonchev–Trinajstić information content (AvgIpc) is 2.71. The molecule has 0 saturated carbocycles. The van der Waals surface area contributed by atoms with Gasteiger partial charge in [-0.1, -0.05) is 0 Å². The summed E-state index contributed by atoms with van der Waals surface area (Å²) in [7, 11) is 0. The highest BCUT2D eigenvalue weighted by atomic mass is 32.1. The molecule has 0 aliphatic rings. The molecule has 0 fully saturated rings. The highest BCUT2D eigenvalue weighted by Gasteiger charge is 2.06. The van der Waals surface area contributed by atoms with Gasteiger partial charge in [0.1, 0.15) is 16.5 Å². The van der Waals surface area contributed by atoms with E-state index in [-0.39, 0.29) is 6.61 Å². The van der Waals surface area contributed by atoms with E-state index >= 15 is 0 Å². The van der Waals surface area contributed by atoms with E-state index in [2.05, 4.69) is 4.98 Å². The van der Waals surface area contributed by atoms with Crippen LogP contribution in [0.1, 0.15) is 10.8 Å². The molecule has 2 heterocycles. The summed E-state index contributed by atoms with van der Waals surface area (Å²) in [6.07, 6.45) is 0. The molecule has 2 aromatic heterocycles. The summed E-state index contributed by atoms with van der Waals surface area (Å²) >= 11 is 1.43. The highest BCUT2D eigenvalue weighted by molar-refractivity contribution is 7.09. The number of hydrogen-bond acceptors (Lipinski definition) is 4. The van der Waals surface area contributed by atoms with Crippen molar-refractivity contribution in [2.75, 3.05) is 0 Å². The lowest BCUT2D eigenvalue weighted by Crippen LogP contribution is -1.80. The Bertz CT molecular complexity index is 405. The van der Waals surface area contributed by atoms with Crippen molar-refractivity contribution in [1.29, 1.82) is 0 Å². The number of thiazole rings is 1. The van der Waals surface area contributed by atoms with Crippen LogP contribution in [0.25, 0.3) is 11.5 Å². The fourth-order valence-electron chi connectivity index (χ4n) is 1.07. The van der Waals surface area contributed by atoms with Crippen LogP contribution in [0.3, 0.4) is 0 Å². The summed E-state index contributed by atoms with van der Waals surface area (Å²) < 4.78 is 5.39. The summed E-state index contributed by atoms with van der Waals surface area (Å²) in [5.41, 5.74) is 0.794. The average molecular weight is 195 g/mol. The Labute approximate surface area is 79.7 Å². The van der Waals surface area contributed by atoms with E-state index in [9.17, 15) is 0 Å². The summed E-state index contributed by atoms with van der Waals surface area (Å²) in [5.74, 6) is 1.63. The maximum atomic E-state index is 8.82. The van der Waals surface area contributed by atoms with Crippen molar-refractivity contribution in [2.24, 2.45) is 0 Å². The van der Waals surface area contributed by atoms with Gasteiger partial charge in [-0.15, -0.1) is 11.3 Å². The second kappa shape index (κ2) is 3.32. The van der Waals surface area contributed by atoms with E-state index in [1.807, 2.05) is 24.4 Å². The van der Waals surface area contributed by atoms with Crippen molar-refractivity contribution >= 4 is 11.3 Å². The molecule has 1 N–H and O–H groups in total. The minimum absolute atomic E-state index is 0.00957. The van der Waals surface area contributed by atoms with Gasteiger partial charge in [0.15, 0.2) is 5.76 Å². The summed E-state index contributed by atoms with van der Waals surface area (Å²) in [6, 6.07) is 3.78. The van der Waals surface area contributed by atoms with Gasteiger partial charge in [-0.25, -0.2) is 4.98 Å². The van der Waals surface area contributed by atoms with Gasteiger partial charge in [0.2, 0.25) is 0 Å². The molecule has 4 heteroatoms. The number of aryl methyl sites for hydroxylation is 1. The van der Waals surface area contributed by atoms with E-state index in [0.717, 1.165) is 17.2 Å². The zero-order valence-electron chi connectivity index (χ0n) is 7.15. The Balaban J connectivity index is 2.35. The van der Waals surface area contributed by atoms with Gasteiger partial charge in [0, 0.05) is 5.38 Å².